The Morgan fingerprint density at radius 3 is 2.58 bits per heavy atom. The lowest BCUT2D eigenvalue weighted by molar-refractivity contribution is -0.458. The van der Waals surface area contributed by atoms with Gasteiger partial charge in [0, 0.05) is 13.1 Å². The molecule has 1 fully saturated rings. The molecule has 140 valence electrons. The third-order valence-corrected chi connectivity index (χ3v) is 4.65. The number of ketones is 1. The smallest absolute Gasteiger partial charge is 0.406 e. The van der Waals surface area contributed by atoms with Gasteiger partial charge in [-0.15, -0.1) is 4.58 Å². The van der Waals surface area contributed by atoms with E-state index in [-0.39, 0.29) is 11.9 Å². The molecule has 1 aromatic rings. The van der Waals surface area contributed by atoms with Crippen LogP contribution in [0.5, 0.6) is 0 Å². The molecule has 0 unspecified atom stereocenters. The second-order valence-electron chi connectivity index (χ2n) is 8.25. The van der Waals surface area contributed by atoms with E-state index >= 15 is 0 Å². The Hall–Kier alpha value is -2.08. The van der Waals surface area contributed by atoms with Gasteiger partial charge in [0.15, 0.2) is 18.0 Å². The predicted molar refractivity (Wildman–Crippen MR) is 99.0 cm³/mol. The van der Waals surface area contributed by atoms with Crippen LogP contribution in [0.15, 0.2) is 18.3 Å². The van der Waals surface area contributed by atoms with Crippen LogP contribution in [-0.2, 0) is 4.74 Å². The molecule has 1 aliphatic heterocycles. The highest BCUT2D eigenvalue weighted by Crippen LogP contribution is 2.39. The molecule has 6 heteroatoms. The first-order valence-electron chi connectivity index (χ1n) is 9.27. The highest BCUT2D eigenvalue weighted by molar-refractivity contribution is 5.96. The van der Waals surface area contributed by atoms with E-state index < -0.39 is 5.60 Å². The van der Waals surface area contributed by atoms with Gasteiger partial charge in [-0.25, -0.2) is 0 Å². The molecule has 1 aliphatic carbocycles. The topological polar surface area (TPSA) is 62.5 Å². The number of carbonyl (C=O) groups is 2. The van der Waals surface area contributed by atoms with Crippen LogP contribution in [-0.4, -0.2) is 63.8 Å². The second-order valence-corrected chi connectivity index (χ2v) is 8.25. The van der Waals surface area contributed by atoms with Gasteiger partial charge in [-0.05, 0) is 51.2 Å². The zero-order valence-electron chi connectivity index (χ0n) is 16.1. The van der Waals surface area contributed by atoms with Crippen molar-refractivity contribution in [2.24, 2.45) is 0 Å². The zero-order chi connectivity index (χ0) is 18.9. The van der Waals surface area contributed by atoms with Crippen molar-refractivity contribution in [2.45, 2.75) is 52.1 Å². The Balaban J connectivity index is 1.58. The van der Waals surface area contributed by atoms with Crippen molar-refractivity contribution in [3.63, 3.8) is 0 Å². The number of pyridine rings is 1. The lowest BCUT2D eigenvalue weighted by atomic mass is 10.1. The maximum Gasteiger partial charge on any atom is 0.596 e. The van der Waals surface area contributed by atoms with E-state index in [0.717, 1.165) is 5.71 Å². The largest absolute Gasteiger partial charge is 0.596 e. The number of Topliss-reactive ketones (excluding diaryl/α,β-unsaturated/α-hetero) is 1. The number of rotatable bonds is 4. The number of nitrogens with zero attached hydrogens (tertiary/aromatic N) is 3. The Morgan fingerprint density at radius 2 is 2.04 bits per heavy atom. The monoisotopic (exact) mass is 358 g/mol. The van der Waals surface area contributed by atoms with E-state index in [2.05, 4.69) is 9.88 Å². The van der Waals surface area contributed by atoms with Gasteiger partial charge < -0.3 is 4.74 Å². The fourth-order valence-corrected chi connectivity index (χ4v) is 3.13. The van der Waals surface area contributed by atoms with E-state index in [1.165, 1.54) is 18.4 Å². The summed E-state index contributed by atoms with van der Waals surface area (Å²) in [6.07, 6.45) is 3.97. The fraction of sp³-hybridized carbons (Fsp3) is 0.600. The van der Waals surface area contributed by atoms with Crippen molar-refractivity contribution >= 4 is 17.6 Å². The molecule has 2 heterocycles. The highest BCUT2D eigenvalue weighted by atomic mass is 16.6. The SMILES string of the molecule is CC1=[N+](C(=O)OC(C)(C)C)CCN(CC(=O)c2ccc(C3CC3)cn2)C1. The van der Waals surface area contributed by atoms with Gasteiger partial charge in [-0.2, -0.15) is 4.79 Å². The van der Waals surface area contributed by atoms with Crippen molar-refractivity contribution in [1.29, 1.82) is 0 Å². The summed E-state index contributed by atoms with van der Waals surface area (Å²) in [6, 6.07) is 3.86. The minimum absolute atomic E-state index is 0.0193. The van der Waals surface area contributed by atoms with E-state index in [9.17, 15) is 9.59 Å². The molecule has 0 atom stereocenters. The summed E-state index contributed by atoms with van der Waals surface area (Å²) in [7, 11) is 0. The first-order valence-corrected chi connectivity index (χ1v) is 9.27. The highest BCUT2D eigenvalue weighted by Gasteiger charge is 2.33. The summed E-state index contributed by atoms with van der Waals surface area (Å²) >= 11 is 0. The summed E-state index contributed by atoms with van der Waals surface area (Å²) in [5, 5.41) is 0. The van der Waals surface area contributed by atoms with Crippen molar-refractivity contribution in [3.8, 4) is 0 Å². The summed E-state index contributed by atoms with van der Waals surface area (Å²) in [4.78, 5) is 31.1. The van der Waals surface area contributed by atoms with Crippen molar-refractivity contribution in [2.75, 3.05) is 26.2 Å². The minimum Gasteiger partial charge on any atom is -0.406 e. The molecule has 0 aromatic carbocycles. The molecule has 2 aliphatic rings. The van der Waals surface area contributed by atoms with Crippen LogP contribution >= 0.6 is 0 Å². The molecule has 0 radical (unpaired) electrons. The fourth-order valence-electron chi connectivity index (χ4n) is 3.13. The Labute approximate surface area is 154 Å². The van der Waals surface area contributed by atoms with E-state index in [0.29, 0.717) is 37.8 Å². The molecular formula is C20H28N3O3+. The third-order valence-electron chi connectivity index (χ3n) is 4.65. The summed E-state index contributed by atoms with van der Waals surface area (Å²) in [5.41, 5.74) is 2.14. The van der Waals surface area contributed by atoms with Gasteiger partial charge in [-0.3, -0.25) is 14.7 Å². The predicted octanol–water partition coefficient (Wildman–Crippen LogP) is 2.87. The van der Waals surface area contributed by atoms with Crippen LogP contribution < -0.4 is 0 Å². The standard InChI is InChI=1S/C20H28N3O3/c1-14-12-22(9-10-23(14)19(25)26-20(2,3)4)13-18(24)17-8-7-16(11-21-17)15-5-6-15/h7-8,11,15H,5-6,9-10,12-13H2,1-4H3/q+1. The zero-order valence-corrected chi connectivity index (χ0v) is 16.1. The second kappa shape index (κ2) is 7.27. The molecule has 0 saturated heterocycles. The molecule has 1 amide bonds. The molecule has 1 saturated carbocycles. The average molecular weight is 358 g/mol. The first-order chi connectivity index (χ1) is 12.2. The molecule has 6 nitrogen and oxygen atoms in total. The molecule has 0 N–H and O–H groups in total. The lowest BCUT2D eigenvalue weighted by Crippen LogP contribution is -2.48. The van der Waals surface area contributed by atoms with Gasteiger partial charge in [0.2, 0.25) is 0 Å². The van der Waals surface area contributed by atoms with Gasteiger partial charge in [0.25, 0.3) is 0 Å². The molecule has 0 spiro atoms. The quantitative estimate of drug-likeness (QED) is 0.612. The Morgan fingerprint density at radius 1 is 1.31 bits per heavy atom. The van der Waals surface area contributed by atoms with Gasteiger partial charge in [-0.1, -0.05) is 6.07 Å². The first kappa shape index (κ1) is 18.7. The normalized spacial score (nSPS) is 18.8. The van der Waals surface area contributed by atoms with Gasteiger partial charge in [0.05, 0.1) is 19.6 Å². The van der Waals surface area contributed by atoms with Crippen LogP contribution in [0.1, 0.15) is 62.5 Å². The van der Waals surface area contributed by atoms with Crippen molar-refractivity contribution < 1.29 is 18.9 Å². The van der Waals surface area contributed by atoms with Gasteiger partial charge >= 0.3 is 6.09 Å². The van der Waals surface area contributed by atoms with Crippen LogP contribution in [0.4, 0.5) is 4.79 Å². The number of carbonyl (C=O) groups excluding carboxylic acids is 2. The summed E-state index contributed by atoms with van der Waals surface area (Å²) in [5.74, 6) is 0.663. The van der Waals surface area contributed by atoms with E-state index in [1.54, 1.807) is 4.58 Å². The maximum atomic E-state index is 12.5. The summed E-state index contributed by atoms with van der Waals surface area (Å²) < 4.78 is 7.10. The Bertz CT molecular complexity index is 728. The number of hydrogen-bond acceptors (Lipinski definition) is 5. The van der Waals surface area contributed by atoms with Gasteiger partial charge in [0.1, 0.15) is 11.3 Å². The number of aromatic nitrogens is 1. The molecule has 26 heavy (non-hydrogen) atoms. The molecular weight excluding hydrogens is 330 g/mol. The van der Waals surface area contributed by atoms with Crippen LogP contribution in [0.25, 0.3) is 0 Å². The van der Waals surface area contributed by atoms with Crippen LogP contribution in [0, 0.1) is 0 Å². The summed E-state index contributed by atoms with van der Waals surface area (Å²) in [6.45, 7) is 9.54. The lowest BCUT2D eigenvalue weighted by Gasteiger charge is -2.25. The molecule has 3 rings (SSSR count). The number of ether oxygens (including phenoxy) is 1. The van der Waals surface area contributed by atoms with Crippen LogP contribution in [0.3, 0.4) is 0 Å². The molecule has 0 bridgehead atoms. The van der Waals surface area contributed by atoms with Crippen LogP contribution in [0.2, 0.25) is 0 Å². The maximum absolute atomic E-state index is 12.5. The number of hydrogen-bond donors (Lipinski definition) is 0. The molecule has 1 aromatic heterocycles. The third kappa shape index (κ3) is 4.75. The van der Waals surface area contributed by atoms with E-state index in [4.69, 9.17) is 4.74 Å². The Kier molecular flexibility index (Phi) is 5.23. The average Bonchev–Trinajstić information content (AvgIpc) is 3.38. The van der Waals surface area contributed by atoms with Crippen molar-refractivity contribution in [3.05, 3.63) is 29.6 Å². The number of amides is 1. The van der Waals surface area contributed by atoms with E-state index in [1.807, 2.05) is 46.0 Å². The van der Waals surface area contributed by atoms with Crippen molar-refractivity contribution in [1.82, 2.24) is 9.88 Å². The minimum atomic E-state index is -0.511.